The largest absolute Gasteiger partial charge is 0.496 e. The van der Waals surface area contributed by atoms with E-state index in [4.69, 9.17) is 4.74 Å². The van der Waals surface area contributed by atoms with E-state index in [1.54, 1.807) is 19.1 Å². The number of methoxy groups -OCH3 is 1. The quantitative estimate of drug-likeness (QED) is 0.550. The minimum absolute atomic E-state index is 0.0238. The van der Waals surface area contributed by atoms with Crippen LogP contribution in [0.4, 0.5) is 11.4 Å². The zero-order valence-electron chi connectivity index (χ0n) is 17.6. The van der Waals surface area contributed by atoms with Crippen molar-refractivity contribution in [3.63, 3.8) is 0 Å². The molecule has 0 aliphatic carbocycles. The van der Waals surface area contributed by atoms with Crippen LogP contribution in [-0.2, 0) is 20.0 Å². The molecule has 0 aromatic heterocycles. The fourth-order valence-electron chi connectivity index (χ4n) is 3.07. The van der Waals surface area contributed by atoms with Crippen LogP contribution in [0, 0.1) is 20.8 Å². The van der Waals surface area contributed by atoms with Crippen molar-refractivity contribution >= 4 is 31.4 Å². The van der Waals surface area contributed by atoms with Crippen LogP contribution >= 0.6 is 0 Å². The van der Waals surface area contributed by atoms with Crippen molar-refractivity contribution in [2.45, 2.75) is 30.6 Å². The van der Waals surface area contributed by atoms with Gasteiger partial charge in [-0.25, -0.2) is 16.8 Å². The molecule has 31 heavy (non-hydrogen) atoms. The second kappa shape index (κ2) is 8.60. The van der Waals surface area contributed by atoms with Gasteiger partial charge in [0.2, 0.25) is 0 Å². The smallest absolute Gasteiger partial charge is 0.261 e. The van der Waals surface area contributed by atoms with Crippen molar-refractivity contribution in [1.82, 2.24) is 0 Å². The molecule has 0 saturated carbocycles. The molecule has 0 unspecified atom stereocenters. The Bertz CT molecular complexity index is 1320. The molecule has 3 rings (SSSR count). The first-order chi connectivity index (χ1) is 14.5. The molecule has 0 amide bonds. The summed E-state index contributed by atoms with van der Waals surface area (Å²) < 4.78 is 60.9. The van der Waals surface area contributed by atoms with Gasteiger partial charge >= 0.3 is 0 Å². The summed E-state index contributed by atoms with van der Waals surface area (Å²) in [5, 5.41) is 0. The minimum Gasteiger partial charge on any atom is -0.496 e. The summed E-state index contributed by atoms with van der Waals surface area (Å²) in [6, 6.07) is 15.5. The lowest BCUT2D eigenvalue weighted by Gasteiger charge is -2.13. The molecular formula is C22H24N2O5S2. The van der Waals surface area contributed by atoms with Gasteiger partial charge in [-0.3, -0.25) is 9.44 Å². The zero-order valence-corrected chi connectivity index (χ0v) is 19.3. The Morgan fingerprint density at radius 2 is 1.29 bits per heavy atom. The van der Waals surface area contributed by atoms with Crippen LogP contribution in [0.2, 0.25) is 0 Å². The first-order valence-corrected chi connectivity index (χ1v) is 12.4. The Labute approximate surface area is 183 Å². The highest BCUT2D eigenvalue weighted by Crippen LogP contribution is 2.25. The minimum atomic E-state index is -3.84. The molecule has 9 heteroatoms. The molecular weight excluding hydrogens is 436 g/mol. The number of hydrogen-bond donors (Lipinski definition) is 2. The van der Waals surface area contributed by atoms with Gasteiger partial charge in [0.05, 0.1) is 22.6 Å². The summed E-state index contributed by atoms with van der Waals surface area (Å²) in [6.45, 7) is 5.50. The predicted molar refractivity (Wildman–Crippen MR) is 122 cm³/mol. The Morgan fingerprint density at radius 1 is 0.677 bits per heavy atom. The Balaban J connectivity index is 1.80. The molecule has 0 aliphatic rings. The van der Waals surface area contributed by atoms with Gasteiger partial charge < -0.3 is 4.74 Å². The van der Waals surface area contributed by atoms with Crippen molar-refractivity contribution in [1.29, 1.82) is 0 Å². The van der Waals surface area contributed by atoms with Crippen LogP contribution in [-0.4, -0.2) is 23.9 Å². The second-order valence-electron chi connectivity index (χ2n) is 7.19. The van der Waals surface area contributed by atoms with Crippen LogP contribution in [0.25, 0.3) is 0 Å². The lowest BCUT2D eigenvalue weighted by atomic mass is 10.1. The van der Waals surface area contributed by atoms with Crippen molar-refractivity contribution in [3.8, 4) is 5.75 Å². The highest BCUT2D eigenvalue weighted by Gasteiger charge is 2.18. The van der Waals surface area contributed by atoms with Gasteiger partial charge in [-0.1, -0.05) is 17.7 Å². The second-order valence-corrected chi connectivity index (χ2v) is 10.5. The molecule has 0 bridgehead atoms. The average molecular weight is 461 g/mol. The molecule has 0 aliphatic heterocycles. The number of anilines is 2. The van der Waals surface area contributed by atoms with Crippen molar-refractivity contribution in [3.05, 3.63) is 77.4 Å². The summed E-state index contributed by atoms with van der Waals surface area (Å²) in [5.41, 5.74) is 3.26. The Kier molecular flexibility index (Phi) is 6.28. The zero-order chi connectivity index (χ0) is 22.8. The maximum absolute atomic E-state index is 12.7. The molecule has 0 saturated heterocycles. The number of rotatable bonds is 7. The van der Waals surface area contributed by atoms with Crippen molar-refractivity contribution in [2.24, 2.45) is 0 Å². The summed E-state index contributed by atoms with van der Waals surface area (Å²) in [4.78, 5) is 0.106. The number of ether oxygens (including phenoxy) is 1. The fourth-order valence-corrected chi connectivity index (χ4v) is 5.34. The van der Waals surface area contributed by atoms with Gasteiger partial charge in [0.15, 0.2) is 0 Å². The standard InChI is InChI=1S/C22H24N2O5S2/c1-15-5-11-21(16(2)13-15)24-30(25,26)19-8-6-18(7-9-19)23-31(27,28)20-10-12-22(29-4)17(3)14-20/h5-14,23-24H,1-4H3. The van der Waals surface area contributed by atoms with Gasteiger partial charge in [-0.05, 0) is 80.4 Å². The third-order valence-corrected chi connectivity index (χ3v) is 7.48. The van der Waals surface area contributed by atoms with Gasteiger partial charge in [0.1, 0.15) is 5.75 Å². The first kappa shape index (κ1) is 22.6. The fraction of sp³-hybridized carbons (Fsp3) is 0.182. The molecule has 0 heterocycles. The van der Waals surface area contributed by atoms with E-state index in [1.165, 1.54) is 43.5 Å². The lowest BCUT2D eigenvalue weighted by Crippen LogP contribution is -2.15. The summed E-state index contributed by atoms with van der Waals surface area (Å²) >= 11 is 0. The molecule has 2 N–H and O–H groups in total. The van der Waals surface area contributed by atoms with E-state index in [0.29, 0.717) is 17.0 Å². The van der Waals surface area contributed by atoms with E-state index in [9.17, 15) is 16.8 Å². The summed E-state index contributed by atoms with van der Waals surface area (Å²) in [6.07, 6.45) is 0. The van der Waals surface area contributed by atoms with Crippen LogP contribution in [0.5, 0.6) is 5.75 Å². The molecule has 3 aromatic carbocycles. The average Bonchev–Trinajstić information content (AvgIpc) is 2.70. The summed E-state index contributed by atoms with van der Waals surface area (Å²) in [5.74, 6) is 0.588. The number of hydrogen-bond acceptors (Lipinski definition) is 5. The van der Waals surface area contributed by atoms with E-state index >= 15 is 0 Å². The maximum Gasteiger partial charge on any atom is 0.261 e. The van der Waals surface area contributed by atoms with Crippen LogP contribution in [0.3, 0.4) is 0 Å². The van der Waals surface area contributed by atoms with Gasteiger partial charge in [0.25, 0.3) is 20.0 Å². The number of nitrogens with one attached hydrogen (secondary N) is 2. The molecule has 164 valence electrons. The SMILES string of the molecule is COc1ccc(S(=O)(=O)Nc2ccc(S(=O)(=O)Nc3ccc(C)cc3C)cc2)cc1C. The van der Waals surface area contributed by atoms with E-state index in [-0.39, 0.29) is 15.5 Å². The molecule has 0 radical (unpaired) electrons. The van der Waals surface area contributed by atoms with Crippen LogP contribution in [0.1, 0.15) is 16.7 Å². The lowest BCUT2D eigenvalue weighted by molar-refractivity contribution is 0.411. The van der Waals surface area contributed by atoms with Crippen LogP contribution in [0.15, 0.2) is 70.5 Å². The topological polar surface area (TPSA) is 102 Å². The van der Waals surface area contributed by atoms with E-state index in [0.717, 1.165) is 11.1 Å². The van der Waals surface area contributed by atoms with Gasteiger partial charge in [0, 0.05) is 5.69 Å². The molecule has 7 nitrogen and oxygen atoms in total. The maximum atomic E-state index is 12.7. The number of sulfonamides is 2. The van der Waals surface area contributed by atoms with Crippen LogP contribution < -0.4 is 14.2 Å². The predicted octanol–water partition coefficient (Wildman–Crippen LogP) is 4.22. The Morgan fingerprint density at radius 3 is 1.87 bits per heavy atom. The molecule has 3 aromatic rings. The first-order valence-electron chi connectivity index (χ1n) is 9.39. The van der Waals surface area contributed by atoms with E-state index in [2.05, 4.69) is 9.44 Å². The number of aryl methyl sites for hydroxylation is 3. The van der Waals surface area contributed by atoms with E-state index in [1.807, 2.05) is 26.0 Å². The highest BCUT2D eigenvalue weighted by molar-refractivity contribution is 7.93. The van der Waals surface area contributed by atoms with Gasteiger partial charge in [-0.2, -0.15) is 0 Å². The third-order valence-electron chi connectivity index (χ3n) is 4.72. The third kappa shape index (κ3) is 5.18. The molecule has 0 atom stereocenters. The van der Waals surface area contributed by atoms with Crippen molar-refractivity contribution < 1.29 is 21.6 Å². The van der Waals surface area contributed by atoms with Crippen molar-refractivity contribution in [2.75, 3.05) is 16.6 Å². The van der Waals surface area contributed by atoms with E-state index < -0.39 is 20.0 Å². The monoisotopic (exact) mass is 460 g/mol. The normalized spacial score (nSPS) is 11.7. The van der Waals surface area contributed by atoms with Gasteiger partial charge in [-0.15, -0.1) is 0 Å². The number of benzene rings is 3. The Hall–Kier alpha value is -3.04. The molecule has 0 spiro atoms. The summed E-state index contributed by atoms with van der Waals surface area (Å²) in [7, 11) is -6.14. The molecule has 0 fully saturated rings. The highest BCUT2D eigenvalue weighted by atomic mass is 32.2.